The van der Waals surface area contributed by atoms with E-state index in [2.05, 4.69) is 32.3 Å². The fourth-order valence-corrected chi connectivity index (χ4v) is 6.69. The summed E-state index contributed by atoms with van der Waals surface area (Å²) in [5.74, 6) is 0.0700. The average Bonchev–Trinajstić information content (AvgIpc) is 3.21. The number of carbonyl (C=O) groups excluding carboxylic acids is 1. The van der Waals surface area contributed by atoms with Gasteiger partial charge in [0.25, 0.3) is 6.43 Å². The zero-order valence-electron chi connectivity index (χ0n) is 22.6. The molecule has 38 heavy (non-hydrogen) atoms. The van der Waals surface area contributed by atoms with Gasteiger partial charge in [0.05, 0.1) is 0 Å². The molecule has 1 fully saturated rings. The monoisotopic (exact) mass is 527 g/mol. The number of halogens is 2. The number of alkyl halides is 2. The average molecular weight is 528 g/mol. The lowest BCUT2D eigenvalue weighted by Crippen LogP contribution is -2.55. The molecule has 1 aromatic carbocycles. The second kappa shape index (κ2) is 11.0. The third kappa shape index (κ3) is 4.68. The maximum atomic E-state index is 14.4. The van der Waals surface area contributed by atoms with Crippen molar-refractivity contribution in [3.05, 3.63) is 46.3 Å². The molecule has 1 atom stereocenters. The highest BCUT2D eigenvalue weighted by Gasteiger charge is 2.46. The van der Waals surface area contributed by atoms with Crippen LogP contribution in [0.1, 0.15) is 55.7 Å². The van der Waals surface area contributed by atoms with Gasteiger partial charge in [-0.05, 0) is 62.0 Å². The number of piperidine rings is 1. The van der Waals surface area contributed by atoms with Crippen molar-refractivity contribution in [3.63, 3.8) is 0 Å². The van der Waals surface area contributed by atoms with Gasteiger partial charge in [-0.2, -0.15) is 5.01 Å². The second-order valence-corrected chi connectivity index (χ2v) is 10.6. The first-order valence-electron chi connectivity index (χ1n) is 13.6. The van der Waals surface area contributed by atoms with Crippen molar-refractivity contribution in [1.29, 1.82) is 0 Å². The Morgan fingerprint density at radius 2 is 1.97 bits per heavy atom. The molecule has 4 aliphatic rings. The van der Waals surface area contributed by atoms with Gasteiger partial charge in [-0.1, -0.05) is 0 Å². The number of aryl methyl sites for hydroxylation is 1. The number of hydrazine groups is 1. The van der Waals surface area contributed by atoms with Crippen LogP contribution in [0, 0.1) is 0 Å². The highest BCUT2D eigenvalue weighted by molar-refractivity contribution is 6.10. The molecule has 0 bridgehead atoms. The molecular formula is C28H39F2N7O. The minimum Gasteiger partial charge on any atom is -0.404 e. The Kier molecular flexibility index (Phi) is 7.72. The maximum absolute atomic E-state index is 14.4. The third-order valence-corrected chi connectivity index (χ3v) is 8.43. The van der Waals surface area contributed by atoms with Gasteiger partial charge in [0.15, 0.2) is 0 Å². The van der Waals surface area contributed by atoms with Gasteiger partial charge in [-0.15, -0.1) is 0 Å². The van der Waals surface area contributed by atoms with Crippen LogP contribution in [0.2, 0.25) is 0 Å². The number of hydrogen-bond acceptors (Lipinski definition) is 7. The summed E-state index contributed by atoms with van der Waals surface area (Å²) < 4.78 is 28.8. The predicted octanol–water partition coefficient (Wildman–Crippen LogP) is 3.12. The first-order valence-corrected chi connectivity index (χ1v) is 13.6. The van der Waals surface area contributed by atoms with Crippen LogP contribution in [0.4, 0.5) is 14.5 Å². The van der Waals surface area contributed by atoms with Crippen LogP contribution < -0.4 is 16.0 Å². The summed E-state index contributed by atoms with van der Waals surface area (Å²) in [6, 6.07) is 3.92. The van der Waals surface area contributed by atoms with Crippen LogP contribution in [0.15, 0.2) is 34.6 Å². The molecule has 0 aromatic heterocycles. The number of nitrogens with two attached hydrogens (primary N) is 1. The van der Waals surface area contributed by atoms with E-state index < -0.39 is 6.43 Å². The number of benzene rings is 1. The van der Waals surface area contributed by atoms with Crippen LogP contribution >= 0.6 is 0 Å². The van der Waals surface area contributed by atoms with Crippen molar-refractivity contribution in [2.24, 2.45) is 10.7 Å². The lowest BCUT2D eigenvalue weighted by Gasteiger charge is -2.45. The van der Waals surface area contributed by atoms with Crippen molar-refractivity contribution >= 4 is 23.4 Å². The number of carbonyl (C=O) groups is 1. The smallest absolute Gasteiger partial charge is 0.264 e. The molecule has 3 N–H and O–H groups in total. The minimum atomic E-state index is -2.65. The molecular weight excluding hydrogens is 488 g/mol. The summed E-state index contributed by atoms with van der Waals surface area (Å²) in [5, 5.41) is 8.23. The third-order valence-electron chi connectivity index (χ3n) is 8.43. The summed E-state index contributed by atoms with van der Waals surface area (Å²) in [6.45, 7) is 5.62. The number of rotatable bonds is 5. The fourth-order valence-electron chi connectivity index (χ4n) is 6.69. The van der Waals surface area contributed by atoms with Gasteiger partial charge >= 0.3 is 0 Å². The highest BCUT2D eigenvalue weighted by Crippen LogP contribution is 2.43. The molecule has 206 valence electrons. The van der Waals surface area contributed by atoms with E-state index in [0.717, 1.165) is 63.0 Å². The molecule has 0 aliphatic carbocycles. The topological polar surface area (TPSA) is 80.4 Å². The summed E-state index contributed by atoms with van der Waals surface area (Å²) in [4.78, 5) is 20.6. The molecule has 1 saturated heterocycles. The molecule has 1 unspecified atom stereocenters. The van der Waals surface area contributed by atoms with Crippen molar-refractivity contribution in [2.45, 2.75) is 57.7 Å². The Hall–Kier alpha value is -2.98. The number of likely N-dealkylation sites (N-methyl/N-ethyl adjacent to an activating group) is 1. The van der Waals surface area contributed by atoms with Crippen molar-refractivity contribution in [3.8, 4) is 0 Å². The molecule has 10 heteroatoms. The number of fused-ring (bicyclic) bond motifs is 1. The normalized spacial score (nSPS) is 23.6. The predicted molar refractivity (Wildman–Crippen MR) is 147 cm³/mol. The summed E-state index contributed by atoms with van der Waals surface area (Å²) in [5.41, 5.74) is 11.1. The second-order valence-electron chi connectivity index (χ2n) is 10.6. The highest BCUT2D eigenvalue weighted by atomic mass is 19.3. The molecule has 0 spiro atoms. The van der Waals surface area contributed by atoms with Gasteiger partial charge in [0.1, 0.15) is 6.17 Å². The number of allylic oxidation sites excluding steroid dienone is 1. The lowest BCUT2D eigenvalue weighted by molar-refractivity contribution is -0.128. The number of nitrogens with zero attached hydrogens (tertiary/aromatic N) is 5. The minimum absolute atomic E-state index is 0.0358. The van der Waals surface area contributed by atoms with Crippen molar-refractivity contribution in [2.75, 3.05) is 51.7 Å². The number of hydrogen-bond donors (Lipinski definition) is 2. The molecule has 8 nitrogen and oxygen atoms in total. The molecule has 1 aromatic rings. The van der Waals surface area contributed by atoms with Crippen LogP contribution in [0.5, 0.6) is 0 Å². The van der Waals surface area contributed by atoms with E-state index in [1.165, 1.54) is 23.7 Å². The molecule has 5 rings (SSSR count). The lowest BCUT2D eigenvalue weighted by atomic mass is 9.91. The number of amides is 1. The summed E-state index contributed by atoms with van der Waals surface area (Å²) in [7, 11) is 3.72. The maximum Gasteiger partial charge on any atom is 0.264 e. The van der Waals surface area contributed by atoms with E-state index in [1.807, 2.05) is 11.0 Å². The largest absolute Gasteiger partial charge is 0.404 e. The Balaban J connectivity index is 1.59. The zero-order chi connectivity index (χ0) is 27.0. The Labute approximate surface area is 223 Å². The van der Waals surface area contributed by atoms with Gasteiger partial charge in [-0.3, -0.25) is 9.79 Å². The van der Waals surface area contributed by atoms with Crippen molar-refractivity contribution < 1.29 is 13.6 Å². The van der Waals surface area contributed by atoms with Crippen LogP contribution in [0.3, 0.4) is 0 Å². The fraction of sp³-hybridized carbons (Fsp3) is 0.571. The number of nitrogens with one attached hydrogen (secondary N) is 1. The van der Waals surface area contributed by atoms with Gasteiger partial charge in [0.2, 0.25) is 5.91 Å². The number of anilines is 1. The Morgan fingerprint density at radius 1 is 1.21 bits per heavy atom. The van der Waals surface area contributed by atoms with Crippen LogP contribution in [0.25, 0.3) is 5.57 Å². The van der Waals surface area contributed by atoms with Gasteiger partial charge in [0, 0.05) is 93.6 Å². The van der Waals surface area contributed by atoms with Crippen LogP contribution in [-0.2, 0) is 11.2 Å². The molecule has 0 saturated carbocycles. The van der Waals surface area contributed by atoms with Gasteiger partial charge in [-0.25, -0.2) is 8.78 Å². The number of aliphatic imine (C=N–C) groups is 1. The zero-order valence-corrected chi connectivity index (χ0v) is 22.6. The van der Waals surface area contributed by atoms with E-state index in [1.54, 1.807) is 20.0 Å². The first kappa shape index (κ1) is 26.6. The SMILES string of the molecule is CN=C/C(=C\N)c1cc2c(cc1C(F)F)N(C1C3=C(CCN(C(C)=O)C3)N(C3CCNCC3)N1C)CCC2. The molecule has 1 amide bonds. The molecule has 4 heterocycles. The van der Waals surface area contributed by atoms with E-state index in [0.29, 0.717) is 30.3 Å². The quantitative estimate of drug-likeness (QED) is 0.573. The van der Waals surface area contributed by atoms with Crippen LogP contribution in [-0.4, -0.2) is 86.1 Å². The van der Waals surface area contributed by atoms with E-state index in [4.69, 9.17) is 5.73 Å². The van der Waals surface area contributed by atoms with E-state index in [9.17, 15) is 13.6 Å². The summed E-state index contributed by atoms with van der Waals surface area (Å²) in [6.07, 6.45) is 4.74. The van der Waals surface area contributed by atoms with E-state index in [-0.39, 0.29) is 17.6 Å². The molecule has 0 radical (unpaired) electrons. The standard InChI is InChI=1S/C28H39F2N7O/c1-18(38)35-12-8-25-24(17-35)28(34(3)37(25)21-6-9-33-10-7-21)36-11-4-5-19-13-22(20(15-31)16-32-2)23(27(29)30)14-26(19)36/h13-16,21,27-28,33H,4-12,17,31H2,1-3H3/b20-15+,32-16?. The molecule has 4 aliphatic heterocycles. The van der Waals surface area contributed by atoms with Gasteiger partial charge < -0.3 is 25.9 Å². The summed E-state index contributed by atoms with van der Waals surface area (Å²) >= 11 is 0. The Morgan fingerprint density at radius 3 is 2.63 bits per heavy atom. The first-order chi connectivity index (χ1) is 18.3. The van der Waals surface area contributed by atoms with Crippen molar-refractivity contribution in [1.82, 2.24) is 20.2 Å². The van der Waals surface area contributed by atoms with E-state index >= 15 is 0 Å². The Bertz CT molecular complexity index is 1160.